The number of hydrogen-bond acceptors (Lipinski definition) is 3. The summed E-state index contributed by atoms with van der Waals surface area (Å²) in [6, 6.07) is 15.0. The highest BCUT2D eigenvalue weighted by Gasteiger charge is 2.06. The largest absolute Gasteiger partial charge is 0.348 e. The second kappa shape index (κ2) is 9.50. The van der Waals surface area contributed by atoms with Gasteiger partial charge in [0, 0.05) is 43.2 Å². The van der Waals surface area contributed by atoms with Gasteiger partial charge in [-0.05, 0) is 41.8 Å². The Balaban J connectivity index is 1.50. The quantitative estimate of drug-likeness (QED) is 0.631. The van der Waals surface area contributed by atoms with Gasteiger partial charge >= 0.3 is 0 Å². The molecule has 2 aromatic carbocycles. The van der Waals surface area contributed by atoms with Crippen LogP contribution in [-0.2, 0) is 17.9 Å². The number of rotatable bonds is 8. The van der Waals surface area contributed by atoms with Crippen molar-refractivity contribution >= 4 is 17.5 Å². The van der Waals surface area contributed by atoms with E-state index in [0.29, 0.717) is 18.5 Å². The molecule has 0 bridgehead atoms. The molecule has 3 rings (SSSR count). The van der Waals surface area contributed by atoms with Gasteiger partial charge in [0.1, 0.15) is 0 Å². The number of carbonyl (C=O) groups excluding carboxylic acids is 2. The van der Waals surface area contributed by atoms with Crippen LogP contribution in [0.25, 0.3) is 0 Å². The Hall–Kier alpha value is -3.41. The molecule has 1 aromatic heterocycles. The van der Waals surface area contributed by atoms with Crippen molar-refractivity contribution < 1.29 is 9.59 Å². The monoisotopic (exact) mass is 376 g/mol. The lowest BCUT2D eigenvalue weighted by Crippen LogP contribution is -2.22. The first-order valence-electron chi connectivity index (χ1n) is 9.35. The lowest BCUT2D eigenvalue weighted by Gasteiger charge is -2.08. The van der Waals surface area contributed by atoms with Crippen molar-refractivity contribution in [2.45, 2.75) is 32.9 Å². The topological polar surface area (TPSA) is 76.0 Å². The summed E-state index contributed by atoms with van der Waals surface area (Å²) < 4.78 is 1.98. The molecule has 144 valence electrons. The third-order valence-corrected chi connectivity index (χ3v) is 4.31. The number of nitrogens with one attached hydrogen (secondary N) is 2. The highest BCUT2D eigenvalue weighted by atomic mass is 16.2. The SMILES string of the molecule is CCCC(=O)Nc1ccc(CNC(=O)c2ccc(Cn3ccnc3)cc2)cc1. The number of imidazole rings is 1. The van der Waals surface area contributed by atoms with Gasteiger partial charge in [-0.3, -0.25) is 9.59 Å². The van der Waals surface area contributed by atoms with Crippen LogP contribution < -0.4 is 10.6 Å². The summed E-state index contributed by atoms with van der Waals surface area (Å²) in [5.74, 6) is -0.102. The maximum Gasteiger partial charge on any atom is 0.251 e. The average Bonchev–Trinajstić information content (AvgIpc) is 3.21. The zero-order valence-electron chi connectivity index (χ0n) is 15.9. The Kier molecular flexibility index (Phi) is 6.57. The summed E-state index contributed by atoms with van der Waals surface area (Å²) in [5.41, 5.74) is 3.47. The molecule has 0 aliphatic heterocycles. The standard InChI is InChI=1S/C22H24N4O2/c1-2-3-21(27)25-20-10-6-17(7-11-20)14-24-22(28)19-8-4-18(5-9-19)15-26-13-12-23-16-26/h4-13,16H,2-3,14-15H2,1H3,(H,24,28)(H,25,27). The molecule has 0 fully saturated rings. The molecule has 0 spiro atoms. The summed E-state index contributed by atoms with van der Waals surface area (Å²) in [6.45, 7) is 3.13. The van der Waals surface area contributed by atoms with E-state index in [9.17, 15) is 9.59 Å². The predicted octanol–water partition coefficient (Wildman–Crippen LogP) is 3.60. The van der Waals surface area contributed by atoms with E-state index >= 15 is 0 Å². The number of nitrogens with zero attached hydrogens (tertiary/aromatic N) is 2. The van der Waals surface area contributed by atoms with Gasteiger partial charge in [0.15, 0.2) is 0 Å². The number of benzene rings is 2. The van der Waals surface area contributed by atoms with E-state index in [1.165, 1.54) is 0 Å². The molecule has 0 aliphatic carbocycles. The van der Waals surface area contributed by atoms with E-state index in [1.54, 1.807) is 12.5 Å². The second-order valence-electron chi connectivity index (χ2n) is 6.61. The molecule has 6 heteroatoms. The lowest BCUT2D eigenvalue weighted by molar-refractivity contribution is -0.116. The molecule has 2 amide bonds. The zero-order chi connectivity index (χ0) is 19.8. The van der Waals surface area contributed by atoms with E-state index < -0.39 is 0 Å². The summed E-state index contributed by atoms with van der Waals surface area (Å²) >= 11 is 0. The van der Waals surface area contributed by atoms with Gasteiger partial charge in [0.2, 0.25) is 5.91 Å². The van der Waals surface area contributed by atoms with Gasteiger partial charge in [-0.15, -0.1) is 0 Å². The normalized spacial score (nSPS) is 10.5. The predicted molar refractivity (Wildman–Crippen MR) is 109 cm³/mol. The van der Waals surface area contributed by atoms with Gasteiger partial charge in [-0.2, -0.15) is 0 Å². The van der Waals surface area contributed by atoms with Crippen molar-refractivity contribution in [3.05, 3.63) is 83.9 Å². The fraction of sp³-hybridized carbons (Fsp3) is 0.227. The molecule has 28 heavy (non-hydrogen) atoms. The van der Waals surface area contributed by atoms with E-state index in [-0.39, 0.29) is 11.8 Å². The molecule has 0 saturated heterocycles. The first kappa shape index (κ1) is 19.4. The highest BCUT2D eigenvalue weighted by molar-refractivity contribution is 5.94. The molecule has 3 aromatic rings. The van der Waals surface area contributed by atoms with Crippen LogP contribution in [-0.4, -0.2) is 21.4 Å². The fourth-order valence-corrected chi connectivity index (χ4v) is 2.79. The fourth-order valence-electron chi connectivity index (χ4n) is 2.79. The van der Waals surface area contributed by atoms with Crippen LogP contribution in [0.5, 0.6) is 0 Å². The molecule has 0 unspecified atom stereocenters. The maximum absolute atomic E-state index is 12.3. The molecule has 0 saturated carbocycles. The minimum atomic E-state index is -0.116. The molecular weight excluding hydrogens is 352 g/mol. The van der Waals surface area contributed by atoms with Crippen LogP contribution in [0.1, 0.15) is 41.3 Å². The molecule has 0 radical (unpaired) electrons. The molecular formula is C22H24N4O2. The van der Waals surface area contributed by atoms with Gasteiger partial charge in [0.25, 0.3) is 5.91 Å². The van der Waals surface area contributed by atoms with E-state index in [1.807, 2.05) is 66.2 Å². The number of amides is 2. The summed E-state index contributed by atoms with van der Waals surface area (Å²) in [6.07, 6.45) is 6.75. The minimum Gasteiger partial charge on any atom is -0.348 e. The maximum atomic E-state index is 12.3. The Morgan fingerprint density at radius 2 is 1.71 bits per heavy atom. The third-order valence-electron chi connectivity index (χ3n) is 4.31. The molecule has 6 nitrogen and oxygen atoms in total. The van der Waals surface area contributed by atoms with Gasteiger partial charge in [0.05, 0.1) is 6.33 Å². The van der Waals surface area contributed by atoms with Crippen LogP contribution in [0.4, 0.5) is 5.69 Å². The molecule has 0 atom stereocenters. The number of aromatic nitrogens is 2. The summed E-state index contributed by atoms with van der Waals surface area (Å²) in [7, 11) is 0. The van der Waals surface area contributed by atoms with Crippen LogP contribution in [0.15, 0.2) is 67.3 Å². The van der Waals surface area contributed by atoms with Crippen molar-refractivity contribution in [3.63, 3.8) is 0 Å². The van der Waals surface area contributed by atoms with Crippen molar-refractivity contribution in [3.8, 4) is 0 Å². The lowest BCUT2D eigenvalue weighted by atomic mass is 10.1. The molecule has 0 aliphatic rings. The summed E-state index contributed by atoms with van der Waals surface area (Å²) in [4.78, 5) is 28.0. The van der Waals surface area contributed by atoms with Gasteiger partial charge in [-0.25, -0.2) is 4.98 Å². The van der Waals surface area contributed by atoms with Crippen molar-refractivity contribution in [1.82, 2.24) is 14.9 Å². The van der Waals surface area contributed by atoms with Gasteiger partial charge < -0.3 is 15.2 Å². The second-order valence-corrected chi connectivity index (χ2v) is 6.61. The third kappa shape index (κ3) is 5.54. The van der Waals surface area contributed by atoms with Gasteiger partial charge in [-0.1, -0.05) is 31.2 Å². The zero-order valence-corrected chi connectivity index (χ0v) is 15.9. The Morgan fingerprint density at radius 1 is 1.00 bits per heavy atom. The smallest absolute Gasteiger partial charge is 0.251 e. The number of hydrogen-bond donors (Lipinski definition) is 2. The van der Waals surface area contributed by atoms with Crippen LogP contribution in [0, 0.1) is 0 Å². The van der Waals surface area contributed by atoms with E-state index in [0.717, 1.165) is 29.8 Å². The molecule has 2 N–H and O–H groups in total. The van der Waals surface area contributed by atoms with Crippen molar-refractivity contribution in [2.75, 3.05) is 5.32 Å². The van der Waals surface area contributed by atoms with E-state index in [4.69, 9.17) is 0 Å². The first-order chi connectivity index (χ1) is 13.6. The average molecular weight is 376 g/mol. The van der Waals surface area contributed by atoms with Crippen LogP contribution >= 0.6 is 0 Å². The number of anilines is 1. The Morgan fingerprint density at radius 3 is 2.36 bits per heavy atom. The molecule has 1 heterocycles. The van der Waals surface area contributed by atoms with Crippen molar-refractivity contribution in [2.24, 2.45) is 0 Å². The first-order valence-corrected chi connectivity index (χ1v) is 9.35. The van der Waals surface area contributed by atoms with Crippen LogP contribution in [0.2, 0.25) is 0 Å². The highest BCUT2D eigenvalue weighted by Crippen LogP contribution is 2.11. The van der Waals surface area contributed by atoms with E-state index in [2.05, 4.69) is 15.6 Å². The Labute approximate surface area is 164 Å². The summed E-state index contributed by atoms with van der Waals surface area (Å²) in [5, 5.41) is 5.77. The minimum absolute atomic E-state index is 0.0139. The number of carbonyl (C=O) groups is 2. The van der Waals surface area contributed by atoms with Crippen molar-refractivity contribution in [1.29, 1.82) is 0 Å². The van der Waals surface area contributed by atoms with Crippen LogP contribution in [0.3, 0.4) is 0 Å². The Bertz CT molecular complexity index is 901.